The first-order chi connectivity index (χ1) is 10.9. The van der Waals surface area contributed by atoms with E-state index in [0.29, 0.717) is 5.02 Å². The number of amides is 1. The molecule has 1 aromatic carbocycles. The summed E-state index contributed by atoms with van der Waals surface area (Å²) in [4.78, 5) is 12.0. The third-order valence-electron chi connectivity index (χ3n) is 4.90. The zero-order valence-electron chi connectivity index (χ0n) is 14.3. The van der Waals surface area contributed by atoms with Crippen molar-refractivity contribution in [3.05, 3.63) is 29.3 Å². The number of halogens is 1. The molecule has 1 unspecified atom stereocenters. The Bertz CT molecular complexity index is 727. The van der Waals surface area contributed by atoms with Gasteiger partial charge in [-0.05, 0) is 52.0 Å². The Morgan fingerprint density at radius 1 is 1.29 bits per heavy atom. The summed E-state index contributed by atoms with van der Waals surface area (Å²) in [5, 5.41) is 12.3. The second-order valence-electron chi connectivity index (χ2n) is 7.20. The quantitative estimate of drug-likeness (QED) is 0.738. The maximum atomic E-state index is 12.8. The number of carbonyl (C=O) groups excluding carboxylic acids is 1. The largest absolute Gasteiger partial charge is 0.498 e. The summed E-state index contributed by atoms with van der Waals surface area (Å²) >= 11 is 5.81. The second kappa shape index (κ2) is 6.29. The molecule has 0 bridgehead atoms. The fourth-order valence-corrected chi connectivity index (χ4v) is 5.17. The SMILES string of the molecule is C[C@H]1CN(S(=O)(=O)c2ccc(Cl)cc2)CC[N+]1(C(=O)[O-])C(C)(C)C. The Balaban J connectivity index is 2.33. The lowest BCUT2D eigenvalue weighted by Gasteiger charge is -2.55. The second-order valence-corrected chi connectivity index (χ2v) is 9.57. The van der Waals surface area contributed by atoms with Gasteiger partial charge >= 0.3 is 0 Å². The molecular weight excluding hydrogens is 352 g/mol. The molecule has 0 N–H and O–H groups in total. The smallest absolute Gasteiger partial charge is 0.258 e. The molecule has 1 amide bonds. The van der Waals surface area contributed by atoms with E-state index in [9.17, 15) is 18.3 Å². The normalized spacial score (nSPS) is 26.3. The lowest BCUT2D eigenvalue weighted by Crippen LogP contribution is -2.76. The summed E-state index contributed by atoms with van der Waals surface area (Å²) < 4.78 is 26.7. The van der Waals surface area contributed by atoms with Gasteiger partial charge in [-0.3, -0.25) is 4.48 Å². The van der Waals surface area contributed by atoms with E-state index in [4.69, 9.17) is 11.6 Å². The van der Waals surface area contributed by atoms with Gasteiger partial charge in [-0.2, -0.15) is 4.31 Å². The molecule has 6 nitrogen and oxygen atoms in total. The Morgan fingerprint density at radius 3 is 2.25 bits per heavy atom. The summed E-state index contributed by atoms with van der Waals surface area (Å²) in [5.74, 6) is 0. The molecule has 24 heavy (non-hydrogen) atoms. The number of nitrogens with zero attached hydrogens (tertiary/aromatic N) is 2. The van der Waals surface area contributed by atoms with Crippen molar-refractivity contribution in [3.63, 3.8) is 0 Å². The van der Waals surface area contributed by atoms with E-state index < -0.39 is 27.7 Å². The highest BCUT2D eigenvalue weighted by molar-refractivity contribution is 7.89. The molecule has 2 atom stereocenters. The van der Waals surface area contributed by atoms with Gasteiger partial charge in [0.25, 0.3) is 6.09 Å². The minimum absolute atomic E-state index is 0.121. The maximum Gasteiger partial charge on any atom is 0.258 e. The van der Waals surface area contributed by atoms with E-state index in [1.165, 1.54) is 28.6 Å². The molecule has 1 aromatic rings. The first kappa shape index (κ1) is 19.2. The van der Waals surface area contributed by atoms with Crippen LogP contribution in [0.25, 0.3) is 0 Å². The van der Waals surface area contributed by atoms with Gasteiger partial charge in [-0.15, -0.1) is 0 Å². The fourth-order valence-electron chi connectivity index (χ4n) is 3.53. The van der Waals surface area contributed by atoms with Crippen LogP contribution in [0.4, 0.5) is 4.79 Å². The van der Waals surface area contributed by atoms with E-state index in [1.807, 2.05) is 20.8 Å². The topological polar surface area (TPSA) is 77.5 Å². The van der Waals surface area contributed by atoms with Crippen molar-refractivity contribution in [1.82, 2.24) is 4.31 Å². The van der Waals surface area contributed by atoms with Crippen molar-refractivity contribution < 1.29 is 22.8 Å². The number of rotatable bonds is 2. The number of quaternary nitrogens is 1. The summed E-state index contributed by atoms with van der Waals surface area (Å²) in [6.07, 6.45) is -1.17. The van der Waals surface area contributed by atoms with Crippen LogP contribution in [0.15, 0.2) is 29.2 Å². The predicted molar refractivity (Wildman–Crippen MR) is 89.9 cm³/mol. The van der Waals surface area contributed by atoms with Crippen LogP contribution < -0.4 is 5.11 Å². The Morgan fingerprint density at radius 2 is 1.83 bits per heavy atom. The Hall–Kier alpha value is -1.15. The minimum atomic E-state index is -3.68. The van der Waals surface area contributed by atoms with Crippen LogP contribution in [0.1, 0.15) is 27.7 Å². The standard InChI is InChI=1S/C16H23ClN2O4S/c1-12-11-18(9-10-19(12,15(20)21)16(2,3)4)24(22,23)14-7-5-13(17)6-8-14/h5-8,12H,9-11H2,1-4H3/t12-,19?/m0/s1. The molecule has 0 spiro atoms. The summed E-state index contributed by atoms with van der Waals surface area (Å²) in [5.41, 5.74) is -0.589. The third kappa shape index (κ3) is 3.06. The predicted octanol–water partition coefficient (Wildman–Crippen LogP) is 1.69. The molecular formula is C16H23ClN2O4S. The minimum Gasteiger partial charge on any atom is -0.498 e. The van der Waals surface area contributed by atoms with Gasteiger partial charge in [0.1, 0.15) is 6.04 Å². The highest BCUT2D eigenvalue weighted by atomic mass is 35.5. The van der Waals surface area contributed by atoms with Crippen molar-refractivity contribution >= 4 is 27.7 Å². The van der Waals surface area contributed by atoms with E-state index >= 15 is 0 Å². The number of benzene rings is 1. The van der Waals surface area contributed by atoms with Gasteiger partial charge in [0.2, 0.25) is 10.0 Å². The molecule has 1 saturated heterocycles. The summed E-state index contributed by atoms with van der Waals surface area (Å²) in [7, 11) is -3.68. The van der Waals surface area contributed by atoms with Crippen LogP contribution in [-0.4, -0.2) is 54.5 Å². The number of carboxylic acid groups (broad SMARTS) is 1. The fraction of sp³-hybridized carbons (Fsp3) is 0.562. The zero-order valence-corrected chi connectivity index (χ0v) is 15.9. The number of hydrogen-bond donors (Lipinski definition) is 0. The average Bonchev–Trinajstić information content (AvgIpc) is 2.45. The molecule has 0 aliphatic carbocycles. The average molecular weight is 375 g/mol. The summed E-state index contributed by atoms with van der Waals surface area (Å²) in [6, 6.07) is 5.55. The molecule has 0 saturated carbocycles. The van der Waals surface area contributed by atoms with Crippen LogP contribution in [0, 0.1) is 0 Å². The van der Waals surface area contributed by atoms with E-state index in [2.05, 4.69) is 0 Å². The summed E-state index contributed by atoms with van der Waals surface area (Å²) in [6.45, 7) is 7.68. The van der Waals surface area contributed by atoms with E-state index in [1.54, 1.807) is 6.92 Å². The lowest BCUT2D eigenvalue weighted by atomic mass is 9.96. The number of hydrogen-bond acceptors (Lipinski definition) is 4. The van der Waals surface area contributed by atoms with Crippen LogP contribution in [0.3, 0.4) is 0 Å². The molecule has 0 aromatic heterocycles. The van der Waals surface area contributed by atoms with Crippen LogP contribution >= 0.6 is 11.6 Å². The molecule has 2 rings (SSSR count). The van der Waals surface area contributed by atoms with Crippen molar-refractivity contribution in [2.75, 3.05) is 19.6 Å². The monoisotopic (exact) mass is 374 g/mol. The first-order valence-corrected chi connectivity index (χ1v) is 9.60. The van der Waals surface area contributed by atoms with Gasteiger partial charge in [-0.25, -0.2) is 8.42 Å². The molecule has 0 radical (unpaired) electrons. The Labute approximate surface area is 148 Å². The van der Waals surface area contributed by atoms with Crippen LogP contribution in [0.5, 0.6) is 0 Å². The lowest BCUT2D eigenvalue weighted by molar-refractivity contribution is -0.943. The number of sulfonamides is 1. The third-order valence-corrected chi connectivity index (χ3v) is 7.03. The molecule has 1 aliphatic heterocycles. The van der Waals surface area contributed by atoms with Gasteiger partial charge in [-0.1, -0.05) is 11.6 Å². The van der Waals surface area contributed by atoms with Crippen molar-refractivity contribution in [1.29, 1.82) is 0 Å². The van der Waals surface area contributed by atoms with Gasteiger partial charge in [0.05, 0.1) is 30.1 Å². The molecule has 1 heterocycles. The number of carbonyl (C=O) groups is 1. The zero-order chi connectivity index (χ0) is 18.3. The van der Waals surface area contributed by atoms with Gasteiger partial charge in [0.15, 0.2) is 0 Å². The Kier molecular flexibility index (Phi) is 5.03. The molecule has 1 aliphatic rings. The first-order valence-electron chi connectivity index (χ1n) is 7.78. The van der Waals surface area contributed by atoms with Gasteiger partial charge in [0, 0.05) is 5.02 Å². The van der Waals surface area contributed by atoms with Crippen molar-refractivity contribution in [3.8, 4) is 0 Å². The molecule has 134 valence electrons. The molecule has 8 heteroatoms. The van der Waals surface area contributed by atoms with Crippen LogP contribution in [0.2, 0.25) is 5.02 Å². The van der Waals surface area contributed by atoms with E-state index in [-0.39, 0.29) is 29.0 Å². The highest BCUT2D eigenvalue weighted by Crippen LogP contribution is 2.33. The number of piperazine rings is 1. The van der Waals surface area contributed by atoms with Gasteiger partial charge < -0.3 is 9.90 Å². The van der Waals surface area contributed by atoms with Crippen molar-refractivity contribution in [2.24, 2.45) is 0 Å². The highest BCUT2D eigenvalue weighted by Gasteiger charge is 2.51. The van der Waals surface area contributed by atoms with Crippen LogP contribution in [-0.2, 0) is 10.0 Å². The maximum absolute atomic E-state index is 12.8. The van der Waals surface area contributed by atoms with Crippen molar-refractivity contribution in [2.45, 2.75) is 44.2 Å². The molecule has 1 fully saturated rings. The van der Waals surface area contributed by atoms with E-state index in [0.717, 1.165) is 0 Å².